The van der Waals surface area contributed by atoms with Gasteiger partial charge in [0.2, 0.25) is 0 Å². The summed E-state index contributed by atoms with van der Waals surface area (Å²) < 4.78 is 18.8. The van der Waals surface area contributed by atoms with Crippen molar-refractivity contribution < 1.29 is 19.0 Å². The van der Waals surface area contributed by atoms with Gasteiger partial charge in [-0.25, -0.2) is 9.79 Å². The van der Waals surface area contributed by atoms with Crippen LogP contribution in [0.4, 0.5) is 0 Å². The molecule has 0 fully saturated rings. The number of benzene rings is 3. The topological polar surface area (TPSA) is 79.1 Å². The van der Waals surface area contributed by atoms with Crippen LogP contribution in [-0.4, -0.2) is 30.9 Å². The van der Waals surface area contributed by atoms with Crippen molar-refractivity contribution in [3.63, 3.8) is 0 Å². The molecule has 0 saturated carbocycles. The summed E-state index contributed by atoms with van der Waals surface area (Å²) in [6.45, 7) is 6.67. The number of carbonyl (C=O) groups is 1. The molecule has 0 bridgehead atoms. The van der Waals surface area contributed by atoms with Crippen LogP contribution in [0.1, 0.15) is 55.0 Å². The first-order chi connectivity index (χ1) is 20.8. The normalized spacial score (nSPS) is 14.9. The number of halogens is 1. The molecule has 222 valence electrons. The monoisotopic (exact) mass is 616 g/mol. The Bertz CT molecular complexity index is 1840. The lowest BCUT2D eigenvalue weighted by atomic mass is 9.93. The molecule has 9 heteroatoms. The number of carbonyl (C=O) groups excluding carboxylic acids is 1. The number of fused-ring (bicyclic) bond motifs is 1. The van der Waals surface area contributed by atoms with Crippen molar-refractivity contribution >= 4 is 35.0 Å². The molecule has 0 N–H and O–H groups in total. The van der Waals surface area contributed by atoms with E-state index in [1.807, 2.05) is 72.8 Å². The van der Waals surface area contributed by atoms with E-state index in [9.17, 15) is 9.59 Å². The zero-order chi connectivity index (χ0) is 30.5. The second-order valence-corrected chi connectivity index (χ2v) is 11.9. The summed E-state index contributed by atoms with van der Waals surface area (Å²) in [5.41, 5.74) is 4.16. The van der Waals surface area contributed by atoms with Crippen LogP contribution in [0.15, 0.2) is 93.9 Å². The fraction of sp³-hybridized carbons (Fsp3) is 0.265. The summed E-state index contributed by atoms with van der Waals surface area (Å²) in [6.07, 6.45) is 1.81. The van der Waals surface area contributed by atoms with Gasteiger partial charge in [-0.3, -0.25) is 9.36 Å². The van der Waals surface area contributed by atoms with Crippen LogP contribution in [-0.2, 0) is 20.9 Å². The molecule has 1 unspecified atom stereocenters. The third-order valence-corrected chi connectivity index (χ3v) is 8.58. The Morgan fingerprint density at radius 1 is 1.05 bits per heavy atom. The number of para-hydroxylation sites is 1. The van der Waals surface area contributed by atoms with Gasteiger partial charge in [0.1, 0.15) is 19.0 Å². The second kappa shape index (κ2) is 13.5. The van der Waals surface area contributed by atoms with E-state index in [2.05, 4.69) is 13.8 Å². The molecule has 4 aromatic rings. The zero-order valence-electron chi connectivity index (χ0n) is 24.5. The third kappa shape index (κ3) is 6.67. The van der Waals surface area contributed by atoms with E-state index in [4.69, 9.17) is 30.8 Å². The number of thiazole rings is 1. The van der Waals surface area contributed by atoms with Gasteiger partial charge in [0.25, 0.3) is 5.56 Å². The average molecular weight is 617 g/mol. The van der Waals surface area contributed by atoms with Gasteiger partial charge in [-0.15, -0.1) is 0 Å². The van der Waals surface area contributed by atoms with Crippen LogP contribution >= 0.6 is 22.9 Å². The molecule has 0 amide bonds. The smallest absolute Gasteiger partial charge is 0.338 e. The van der Waals surface area contributed by atoms with Crippen LogP contribution in [0.5, 0.6) is 5.75 Å². The molecule has 3 aromatic carbocycles. The molecule has 2 heterocycles. The van der Waals surface area contributed by atoms with Gasteiger partial charge in [0, 0.05) is 23.3 Å². The number of ether oxygens (including phenoxy) is 3. The van der Waals surface area contributed by atoms with Gasteiger partial charge in [0.05, 0.1) is 28.5 Å². The minimum absolute atomic E-state index is 0.0977. The number of hydrogen-bond acceptors (Lipinski definition) is 7. The van der Waals surface area contributed by atoms with Crippen molar-refractivity contribution in [2.75, 3.05) is 20.3 Å². The van der Waals surface area contributed by atoms with Gasteiger partial charge < -0.3 is 14.2 Å². The van der Waals surface area contributed by atoms with Gasteiger partial charge in [-0.2, -0.15) is 0 Å². The Kier molecular flexibility index (Phi) is 9.60. The molecular formula is C34H33ClN2O5S. The van der Waals surface area contributed by atoms with E-state index in [1.165, 1.54) is 11.3 Å². The number of aromatic nitrogens is 1. The molecule has 0 saturated heterocycles. The molecule has 1 aliphatic rings. The first kappa shape index (κ1) is 30.5. The van der Waals surface area contributed by atoms with E-state index >= 15 is 0 Å². The Morgan fingerprint density at radius 3 is 2.49 bits per heavy atom. The molecule has 1 aliphatic heterocycles. The lowest BCUT2D eigenvalue weighted by molar-refractivity contribution is -0.140. The first-order valence-corrected chi connectivity index (χ1v) is 15.2. The Hall–Kier alpha value is -3.98. The van der Waals surface area contributed by atoms with E-state index in [0.717, 1.165) is 22.3 Å². The van der Waals surface area contributed by atoms with Crippen molar-refractivity contribution in [1.82, 2.24) is 4.57 Å². The SMILES string of the molecule is COCCOC(=O)C1=C(C)N=c2sc(=Cc3ccccc3OCc3ccccc3Cl)c(=O)n2C1c1ccc(C(C)C)cc1. The van der Waals surface area contributed by atoms with Crippen molar-refractivity contribution in [2.24, 2.45) is 4.99 Å². The fourth-order valence-electron chi connectivity index (χ4n) is 4.90. The minimum Gasteiger partial charge on any atom is -0.488 e. The van der Waals surface area contributed by atoms with E-state index in [-0.39, 0.29) is 25.4 Å². The van der Waals surface area contributed by atoms with Gasteiger partial charge >= 0.3 is 5.97 Å². The molecule has 1 aromatic heterocycles. The van der Waals surface area contributed by atoms with E-state index in [1.54, 1.807) is 24.7 Å². The van der Waals surface area contributed by atoms with Gasteiger partial charge in [0.15, 0.2) is 4.80 Å². The second-order valence-electron chi connectivity index (χ2n) is 10.4. The van der Waals surface area contributed by atoms with Crippen molar-refractivity contribution in [1.29, 1.82) is 0 Å². The summed E-state index contributed by atoms with van der Waals surface area (Å²) in [5, 5.41) is 0.627. The Morgan fingerprint density at radius 2 is 1.77 bits per heavy atom. The van der Waals surface area contributed by atoms with Gasteiger partial charge in [-0.05, 0) is 42.2 Å². The molecule has 0 radical (unpaired) electrons. The maximum atomic E-state index is 14.1. The first-order valence-electron chi connectivity index (χ1n) is 14.0. The molecular weight excluding hydrogens is 584 g/mol. The molecule has 1 atom stereocenters. The van der Waals surface area contributed by atoms with Crippen LogP contribution in [0.3, 0.4) is 0 Å². The fourth-order valence-corrected chi connectivity index (χ4v) is 6.13. The molecule has 7 nitrogen and oxygen atoms in total. The van der Waals surface area contributed by atoms with Crippen LogP contribution in [0, 0.1) is 0 Å². The number of rotatable bonds is 10. The number of esters is 1. The molecule has 0 aliphatic carbocycles. The highest BCUT2D eigenvalue weighted by atomic mass is 35.5. The van der Waals surface area contributed by atoms with Crippen molar-refractivity contribution in [3.8, 4) is 5.75 Å². The third-order valence-electron chi connectivity index (χ3n) is 7.23. The van der Waals surface area contributed by atoms with Crippen LogP contribution < -0.4 is 19.6 Å². The van der Waals surface area contributed by atoms with E-state index in [0.29, 0.717) is 37.3 Å². The predicted molar refractivity (Wildman–Crippen MR) is 169 cm³/mol. The Balaban J connectivity index is 1.58. The number of methoxy groups -OCH3 is 1. The quantitative estimate of drug-likeness (QED) is 0.167. The summed E-state index contributed by atoms with van der Waals surface area (Å²) in [5.74, 6) is 0.434. The number of hydrogen-bond donors (Lipinski definition) is 0. The molecule has 5 rings (SSSR count). The minimum atomic E-state index is -0.693. The summed E-state index contributed by atoms with van der Waals surface area (Å²) in [6, 6.07) is 22.4. The highest BCUT2D eigenvalue weighted by Crippen LogP contribution is 2.32. The lowest BCUT2D eigenvalue weighted by Crippen LogP contribution is -2.40. The number of nitrogens with zero attached hydrogens (tertiary/aromatic N) is 2. The largest absolute Gasteiger partial charge is 0.488 e. The highest BCUT2D eigenvalue weighted by molar-refractivity contribution is 7.07. The van der Waals surface area contributed by atoms with Crippen LogP contribution in [0.25, 0.3) is 6.08 Å². The molecule has 0 spiro atoms. The maximum absolute atomic E-state index is 14.1. The zero-order valence-corrected chi connectivity index (χ0v) is 26.1. The summed E-state index contributed by atoms with van der Waals surface area (Å²) >= 11 is 7.60. The average Bonchev–Trinajstić information content (AvgIpc) is 3.30. The highest BCUT2D eigenvalue weighted by Gasteiger charge is 2.33. The van der Waals surface area contributed by atoms with Crippen molar-refractivity contribution in [3.05, 3.63) is 131 Å². The van der Waals surface area contributed by atoms with Crippen LogP contribution in [0.2, 0.25) is 5.02 Å². The van der Waals surface area contributed by atoms with Gasteiger partial charge in [-0.1, -0.05) is 97.4 Å². The number of allylic oxidation sites excluding steroid dienone is 1. The molecule has 43 heavy (non-hydrogen) atoms. The van der Waals surface area contributed by atoms with Crippen molar-refractivity contribution in [2.45, 2.75) is 39.3 Å². The Labute approximate surface area is 259 Å². The van der Waals surface area contributed by atoms with E-state index < -0.39 is 12.0 Å². The predicted octanol–water partition coefficient (Wildman–Crippen LogP) is 5.78. The maximum Gasteiger partial charge on any atom is 0.338 e. The summed E-state index contributed by atoms with van der Waals surface area (Å²) in [7, 11) is 1.54. The lowest BCUT2D eigenvalue weighted by Gasteiger charge is -2.25. The summed E-state index contributed by atoms with van der Waals surface area (Å²) in [4.78, 5) is 32.7. The standard InChI is InChI=1S/C34H33ClN2O5S/c1-21(2)23-13-15-24(16-14-23)31-30(33(39)41-18-17-40-4)22(3)36-34-37(31)32(38)29(43-34)19-25-9-6-8-12-28(25)42-20-26-10-5-7-11-27(26)35/h5-16,19,21,31H,17-18,20H2,1-4H3.